The van der Waals surface area contributed by atoms with E-state index in [2.05, 4.69) is 53.6 Å². The van der Waals surface area contributed by atoms with Crippen molar-refractivity contribution < 1.29 is 9.05 Å². The van der Waals surface area contributed by atoms with Crippen molar-refractivity contribution in [2.45, 2.75) is 52.1 Å². The molecular formula is C20H30N8O2. The molecule has 30 heavy (non-hydrogen) atoms. The zero-order chi connectivity index (χ0) is 20.6. The molecule has 0 aliphatic carbocycles. The molecule has 0 aromatic carbocycles. The molecule has 4 saturated heterocycles. The predicted octanol–water partition coefficient (Wildman–Crippen LogP) is 1.11. The summed E-state index contributed by atoms with van der Waals surface area (Å²) in [6, 6.07) is 4.97. The van der Waals surface area contributed by atoms with E-state index in [0.717, 1.165) is 62.9 Å². The van der Waals surface area contributed by atoms with Crippen molar-refractivity contribution in [2.24, 2.45) is 0 Å². The van der Waals surface area contributed by atoms with Gasteiger partial charge in [0.25, 0.3) is 0 Å². The van der Waals surface area contributed by atoms with E-state index < -0.39 is 0 Å². The van der Waals surface area contributed by atoms with Gasteiger partial charge in [0, 0.05) is 37.3 Å². The van der Waals surface area contributed by atoms with Crippen LogP contribution in [0.2, 0.25) is 0 Å². The molecule has 4 atom stereocenters. The van der Waals surface area contributed by atoms with Crippen molar-refractivity contribution in [3.63, 3.8) is 0 Å². The van der Waals surface area contributed by atoms with Crippen LogP contribution in [0.5, 0.6) is 0 Å². The van der Waals surface area contributed by atoms with Gasteiger partial charge in [0.05, 0.1) is 39.0 Å². The van der Waals surface area contributed by atoms with Crippen LogP contribution in [0.1, 0.15) is 25.4 Å². The second kappa shape index (κ2) is 6.68. The van der Waals surface area contributed by atoms with E-state index >= 15 is 0 Å². The van der Waals surface area contributed by atoms with Crippen LogP contribution in [0, 0.1) is 13.8 Å². The van der Waals surface area contributed by atoms with Gasteiger partial charge in [-0.2, -0.15) is 0 Å². The zero-order valence-corrected chi connectivity index (χ0v) is 18.1. The Balaban J connectivity index is 1.30. The highest BCUT2D eigenvalue weighted by Crippen LogP contribution is 2.38. The Bertz CT molecular complexity index is 855. The van der Waals surface area contributed by atoms with Crippen LogP contribution in [-0.4, -0.2) is 94.1 Å². The molecule has 0 N–H and O–H groups in total. The first kappa shape index (κ1) is 18.6. The monoisotopic (exact) mass is 414 g/mol. The minimum atomic E-state index is 0.385. The number of hydrogen-bond donors (Lipinski definition) is 0. The number of aromatic nitrogens is 2. The highest BCUT2D eigenvalue weighted by Gasteiger charge is 2.55. The second-order valence-corrected chi connectivity index (χ2v) is 9.33. The van der Waals surface area contributed by atoms with Crippen molar-refractivity contribution in [2.75, 3.05) is 49.6 Å². The minimum Gasteiger partial charge on any atom is -0.360 e. The summed E-state index contributed by atoms with van der Waals surface area (Å²) in [5.41, 5.74) is 0. The van der Waals surface area contributed by atoms with Crippen LogP contribution in [0.4, 0.5) is 11.6 Å². The zero-order valence-electron chi connectivity index (χ0n) is 18.1. The summed E-state index contributed by atoms with van der Waals surface area (Å²) >= 11 is 0. The van der Waals surface area contributed by atoms with Gasteiger partial charge in [-0.3, -0.25) is 19.6 Å². The van der Waals surface area contributed by atoms with E-state index in [9.17, 15) is 0 Å². The minimum absolute atomic E-state index is 0.385. The van der Waals surface area contributed by atoms with Crippen LogP contribution in [0.25, 0.3) is 0 Å². The van der Waals surface area contributed by atoms with Gasteiger partial charge in [-0.05, 0) is 27.7 Å². The molecule has 0 spiro atoms. The van der Waals surface area contributed by atoms with Crippen molar-refractivity contribution in [1.82, 2.24) is 29.9 Å². The fourth-order valence-electron chi connectivity index (χ4n) is 5.71. The summed E-state index contributed by atoms with van der Waals surface area (Å²) in [6.45, 7) is 14.2. The largest absolute Gasteiger partial charge is 0.360 e. The Morgan fingerprint density at radius 1 is 0.733 bits per heavy atom. The number of anilines is 2. The third kappa shape index (κ3) is 2.78. The molecule has 4 fully saturated rings. The lowest BCUT2D eigenvalue weighted by molar-refractivity contribution is -0.207. The van der Waals surface area contributed by atoms with E-state index in [-0.39, 0.29) is 0 Å². The van der Waals surface area contributed by atoms with E-state index in [1.807, 2.05) is 26.0 Å². The first-order valence-electron chi connectivity index (χ1n) is 10.8. The Labute approximate surface area is 176 Å². The molecule has 0 saturated carbocycles. The summed E-state index contributed by atoms with van der Waals surface area (Å²) in [6.07, 6.45) is 0.769. The highest BCUT2D eigenvalue weighted by atomic mass is 16.5. The molecule has 10 heteroatoms. The summed E-state index contributed by atoms with van der Waals surface area (Å²) in [5, 5.41) is 8.57. The number of piperazine rings is 2. The molecule has 4 aliphatic rings. The maximum atomic E-state index is 5.36. The third-order valence-electron chi connectivity index (χ3n) is 7.08. The predicted molar refractivity (Wildman–Crippen MR) is 110 cm³/mol. The molecule has 6 heterocycles. The Hall–Kier alpha value is -2.14. The smallest absolute Gasteiger partial charge is 0.174 e. The molecule has 0 radical (unpaired) electrons. The van der Waals surface area contributed by atoms with Gasteiger partial charge in [0.1, 0.15) is 11.5 Å². The van der Waals surface area contributed by atoms with Crippen LogP contribution in [-0.2, 0) is 0 Å². The fraction of sp³-hybridized carbons (Fsp3) is 0.700. The van der Waals surface area contributed by atoms with Crippen LogP contribution >= 0.6 is 0 Å². The maximum Gasteiger partial charge on any atom is 0.174 e. The van der Waals surface area contributed by atoms with E-state index in [4.69, 9.17) is 9.05 Å². The number of nitrogens with zero attached hydrogens (tertiary/aromatic N) is 8. The van der Waals surface area contributed by atoms with Crippen molar-refractivity contribution in [3.8, 4) is 0 Å². The topological polar surface area (TPSA) is 71.5 Å². The summed E-state index contributed by atoms with van der Waals surface area (Å²) in [7, 11) is 0. The molecule has 162 valence electrons. The fourth-order valence-corrected chi connectivity index (χ4v) is 5.71. The SMILES string of the molecule is Cc1cc(N2CN3CC(C)N4CN(c5cc(C)on5)CN5CC(C)N(C2)C3C54)no1. The molecule has 2 aromatic heterocycles. The molecule has 4 unspecified atom stereocenters. The Kier molecular flexibility index (Phi) is 4.14. The van der Waals surface area contributed by atoms with E-state index in [1.54, 1.807) is 0 Å². The average Bonchev–Trinajstić information content (AvgIpc) is 3.35. The molecule has 0 bridgehead atoms. The van der Waals surface area contributed by atoms with Gasteiger partial charge in [-0.25, -0.2) is 0 Å². The van der Waals surface area contributed by atoms with Crippen molar-refractivity contribution in [1.29, 1.82) is 0 Å². The number of aryl methyl sites for hydroxylation is 2. The van der Waals surface area contributed by atoms with Crippen LogP contribution in [0.15, 0.2) is 21.2 Å². The second-order valence-electron chi connectivity index (χ2n) is 9.33. The third-order valence-corrected chi connectivity index (χ3v) is 7.08. The van der Waals surface area contributed by atoms with E-state index in [1.165, 1.54) is 0 Å². The molecule has 0 amide bonds. The van der Waals surface area contributed by atoms with Gasteiger partial charge in [-0.1, -0.05) is 10.3 Å². The van der Waals surface area contributed by atoms with Crippen molar-refractivity contribution >= 4 is 11.6 Å². The van der Waals surface area contributed by atoms with E-state index in [0.29, 0.717) is 24.4 Å². The van der Waals surface area contributed by atoms with Gasteiger partial charge in [0.15, 0.2) is 11.6 Å². The summed E-state index contributed by atoms with van der Waals surface area (Å²) in [4.78, 5) is 15.2. The first-order chi connectivity index (χ1) is 14.5. The lowest BCUT2D eigenvalue weighted by Gasteiger charge is -2.66. The summed E-state index contributed by atoms with van der Waals surface area (Å²) < 4.78 is 10.7. The standard InChI is InChI=1S/C20H30N8O2/c1-13-7-23-9-26(18-6-16(4)30-22-18)12-28-14(2)8-24-10-25(17-5-15(3)29-21-17)11-27(13)19(24)20(23)28/h5-6,13-14,19-20H,7-12H2,1-4H3. The Morgan fingerprint density at radius 2 is 1.17 bits per heavy atom. The van der Waals surface area contributed by atoms with Gasteiger partial charge in [0.2, 0.25) is 0 Å². The molecular weight excluding hydrogens is 384 g/mol. The maximum absolute atomic E-state index is 5.36. The van der Waals surface area contributed by atoms with Gasteiger partial charge >= 0.3 is 0 Å². The highest BCUT2D eigenvalue weighted by molar-refractivity contribution is 5.40. The summed E-state index contributed by atoms with van der Waals surface area (Å²) in [5.74, 6) is 3.59. The van der Waals surface area contributed by atoms with Gasteiger partial charge in [-0.15, -0.1) is 0 Å². The Morgan fingerprint density at radius 3 is 1.53 bits per heavy atom. The molecule has 2 aromatic rings. The molecule has 6 rings (SSSR count). The number of rotatable bonds is 2. The van der Waals surface area contributed by atoms with Crippen molar-refractivity contribution in [3.05, 3.63) is 23.7 Å². The average molecular weight is 415 g/mol. The molecule has 4 aliphatic heterocycles. The lowest BCUT2D eigenvalue weighted by Crippen LogP contribution is -2.84. The lowest BCUT2D eigenvalue weighted by atomic mass is 9.99. The van der Waals surface area contributed by atoms with Gasteiger partial charge < -0.3 is 18.8 Å². The normalized spacial score (nSPS) is 33.2. The quantitative estimate of drug-likeness (QED) is 0.714. The van der Waals surface area contributed by atoms with Crippen LogP contribution < -0.4 is 9.80 Å². The van der Waals surface area contributed by atoms with Crippen LogP contribution in [0.3, 0.4) is 0 Å². The molecule has 10 nitrogen and oxygen atoms in total. The number of hydrogen-bond acceptors (Lipinski definition) is 10. The first-order valence-corrected chi connectivity index (χ1v) is 10.8.